The molecule has 182 valence electrons. The van der Waals surface area contributed by atoms with Crippen LogP contribution in [0.4, 0.5) is 5.69 Å². The van der Waals surface area contributed by atoms with Gasteiger partial charge >= 0.3 is 0 Å². The van der Waals surface area contributed by atoms with E-state index in [0.29, 0.717) is 31.1 Å². The molecular formula is C29H33N3O3. The molecule has 1 heterocycles. The molecule has 1 saturated heterocycles. The number of nitrogens with zero attached hydrogens (tertiary/aromatic N) is 2. The Morgan fingerprint density at radius 1 is 0.914 bits per heavy atom. The molecule has 0 unspecified atom stereocenters. The molecule has 3 aromatic carbocycles. The molecule has 4 rings (SSSR count). The van der Waals surface area contributed by atoms with Gasteiger partial charge in [0, 0.05) is 24.7 Å². The summed E-state index contributed by atoms with van der Waals surface area (Å²) in [4.78, 5) is 30.0. The third-order valence-electron chi connectivity index (χ3n) is 6.28. The van der Waals surface area contributed by atoms with E-state index in [9.17, 15) is 9.59 Å². The summed E-state index contributed by atoms with van der Waals surface area (Å²) >= 11 is 0. The highest BCUT2D eigenvalue weighted by molar-refractivity contribution is 5.94. The van der Waals surface area contributed by atoms with Crippen LogP contribution >= 0.6 is 0 Å². The van der Waals surface area contributed by atoms with Gasteiger partial charge in [-0.1, -0.05) is 55.5 Å². The van der Waals surface area contributed by atoms with Gasteiger partial charge in [-0.25, -0.2) is 0 Å². The second-order valence-corrected chi connectivity index (χ2v) is 8.82. The van der Waals surface area contributed by atoms with Gasteiger partial charge in [-0.05, 0) is 62.2 Å². The normalized spacial score (nSPS) is 14.1. The van der Waals surface area contributed by atoms with Gasteiger partial charge in [-0.2, -0.15) is 0 Å². The van der Waals surface area contributed by atoms with Crippen LogP contribution in [0.5, 0.6) is 11.5 Å². The highest BCUT2D eigenvalue weighted by atomic mass is 16.5. The summed E-state index contributed by atoms with van der Waals surface area (Å²) in [6.07, 6.45) is 2.68. The average Bonchev–Trinajstić information content (AvgIpc) is 2.90. The third kappa shape index (κ3) is 6.70. The second-order valence-electron chi connectivity index (χ2n) is 8.82. The Labute approximate surface area is 207 Å². The number of para-hydroxylation sites is 3. The van der Waals surface area contributed by atoms with Gasteiger partial charge < -0.3 is 15.0 Å². The Morgan fingerprint density at radius 2 is 1.54 bits per heavy atom. The standard InChI is InChI=1S/C29H33N3O3/c1-2-19-32(24-17-20-31(21-18-24)29(34)23-11-5-3-6-12-23)22-28(33)30-26-15-9-10-16-27(26)35-25-13-7-4-8-14-25/h3-16,24H,2,17-22H2,1H3,(H,30,33). The van der Waals surface area contributed by atoms with Gasteiger partial charge in [-0.3, -0.25) is 14.5 Å². The van der Waals surface area contributed by atoms with Crippen molar-refractivity contribution in [3.05, 3.63) is 90.5 Å². The number of anilines is 1. The molecule has 3 aromatic rings. The predicted molar refractivity (Wildman–Crippen MR) is 139 cm³/mol. The Balaban J connectivity index is 1.34. The third-order valence-corrected chi connectivity index (χ3v) is 6.28. The summed E-state index contributed by atoms with van der Waals surface area (Å²) in [5.74, 6) is 1.35. The number of carbonyl (C=O) groups excluding carboxylic acids is 2. The summed E-state index contributed by atoms with van der Waals surface area (Å²) in [7, 11) is 0. The lowest BCUT2D eigenvalue weighted by Gasteiger charge is -2.38. The molecule has 35 heavy (non-hydrogen) atoms. The van der Waals surface area contributed by atoms with E-state index in [4.69, 9.17) is 4.74 Å². The fourth-order valence-corrected chi connectivity index (χ4v) is 4.52. The summed E-state index contributed by atoms with van der Waals surface area (Å²) in [6.45, 7) is 4.68. The molecular weight excluding hydrogens is 438 g/mol. The van der Waals surface area contributed by atoms with Gasteiger partial charge in [0.1, 0.15) is 5.75 Å². The van der Waals surface area contributed by atoms with Crippen molar-refractivity contribution in [1.29, 1.82) is 0 Å². The first-order valence-electron chi connectivity index (χ1n) is 12.3. The van der Waals surface area contributed by atoms with Crippen LogP contribution in [0.2, 0.25) is 0 Å². The highest BCUT2D eigenvalue weighted by Crippen LogP contribution is 2.29. The van der Waals surface area contributed by atoms with Crippen LogP contribution in [0.25, 0.3) is 0 Å². The summed E-state index contributed by atoms with van der Waals surface area (Å²) < 4.78 is 5.98. The lowest BCUT2D eigenvalue weighted by molar-refractivity contribution is -0.118. The number of piperidine rings is 1. The van der Waals surface area contributed by atoms with E-state index in [1.165, 1.54) is 0 Å². The number of likely N-dealkylation sites (tertiary alicyclic amines) is 1. The minimum atomic E-state index is -0.0645. The zero-order chi connectivity index (χ0) is 24.5. The first-order chi connectivity index (χ1) is 17.1. The number of ether oxygens (including phenoxy) is 1. The summed E-state index contributed by atoms with van der Waals surface area (Å²) in [6, 6.07) is 26.7. The number of hydrogen-bond donors (Lipinski definition) is 1. The van der Waals surface area contributed by atoms with E-state index < -0.39 is 0 Å². The molecule has 1 N–H and O–H groups in total. The van der Waals surface area contributed by atoms with Crippen LogP contribution in [-0.2, 0) is 4.79 Å². The minimum absolute atomic E-state index is 0.0645. The van der Waals surface area contributed by atoms with Crippen LogP contribution in [0, 0.1) is 0 Å². The monoisotopic (exact) mass is 471 g/mol. The largest absolute Gasteiger partial charge is 0.455 e. The maximum Gasteiger partial charge on any atom is 0.253 e. The zero-order valence-corrected chi connectivity index (χ0v) is 20.2. The van der Waals surface area contributed by atoms with Gasteiger partial charge in [0.2, 0.25) is 5.91 Å². The number of benzene rings is 3. The van der Waals surface area contributed by atoms with E-state index in [0.717, 1.165) is 37.1 Å². The smallest absolute Gasteiger partial charge is 0.253 e. The van der Waals surface area contributed by atoms with Gasteiger partial charge in [0.25, 0.3) is 5.91 Å². The Hall–Kier alpha value is -3.64. The first kappa shape index (κ1) is 24.5. The molecule has 0 spiro atoms. The Morgan fingerprint density at radius 3 is 2.23 bits per heavy atom. The molecule has 0 bridgehead atoms. The Bertz CT molecular complexity index is 1100. The maximum atomic E-state index is 13.0. The van der Waals surface area contributed by atoms with E-state index in [-0.39, 0.29) is 17.9 Å². The van der Waals surface area contributed by atoms with Crippen LogP contribution < -0.4 is 10.1 Å². The molecule has 1 aliphatic heterocycles. The van der Waals surface area contributed by atoms with E-state index >= 15 is 0 Å². The topological polar surface area (TPSA) is 61.9 Å². The summed E-state index contributed by atoms with van der Waals surface area (Å²) in [5.41, 5.74) is 1.38. The van der Waals surface area contributed by atoms with Crippen molar-refractivity contribution in [3.8, 4) is 11.5 Å². The zero-order valence-electron chi connectivity index (χ0n) is 20.2. The lowest BCUT2D eigenvalue weighted by Crippen LogP contribution is -2.49. The molecule has 0 saturated carbocycles. The first-order valence-corrected chi connectivity index (χ1v) is 12.3. The van der Waals surface area contributed by atoms with Crippen molar-refractivity contribution in [3.63, 3.8) is 0 Å². The minimum Gasteiger partial charge on any atom is -0.455 e. The van der Waals surface area contributed by atoms with Crippen molar-refractivity contribution in [1.82, 2.24) is 9.80 Å². The van der Waals surface area contributed by atoms with Crippen molar-refractivity contribution in [2.75, 3.05) is 31.5 Å². The summed E-state index contributed by atoms with van der Waals surface area (Å²) in [5, 5.41) is 3.04. The molecule has 2 amide bonds. The van der Waals surface area contributed by atoms with Gasteiger partial charge in [0.15, 0.2) is 5.75 Å². The maximum absolute atomic E-state index is 13.0. The van der Waals surface area contributed by atoms with E-state index in [1.54, 1.807) is 0 Å². The number of nitrogens with one attached hydrogen (secondary N) is 1. The van der Waals surface area contributed by atoms with Crippen molar-refractivity contribution in [2.45, 2.75) is 32.2 Å². The fourth-order valence-electron chi connectivity index (χ4n) is 4.52. The number of amides is 2. The molecule has 1 aliphatic rings. The molecule has 6 heteroatoms. The fraction of sp³-hybridized carbons (Fsp3) is 0.310. The Kier molecular flexibility index (Phi) is 8.52. The number of hydrogen-bond acceptors (Lipinski definition) is 4. The SMILES string of the molecule is CCCN(CC(=O)Nc1ccccc1Oc1ccccc1)C1CCN(C(=O)c2ccccc2)CC1. The van der Waals surface area contributed by atoms with Crippen molar-refractivity contribution >= 4 is 17.5 Å². The van der Waals surface area contributed by atoms with Crippen LogP contribution in [-0.4, -0.2) is 53.8 Å². The average molecular weight is 472 g/mol. The predicted octanol–water partition coefficient (Wildman–Crippen LogP) is 5.43. The highest BCUT2D eigenvalue weighted by Gasteiger charge is 2.28. The van der Waals surface area contributed by atoms with Crippen LogP contribution in [0.1, 0.15) is 36.5 Å². The van der Waals surface area contributed by atoms with Crippen LogP contribution in [0.3, 0.4) is 0 Å². The van der Waals surface area contributed by atoms with E-state index in [1.807, 2.05) is 89.8 Å². The molecule has 0 aromatic heterocycles. The number of rotatable bonds is 9. The molecule has 6 nitrogen and oxygen atoms in total. The van der Waals surface area contributed by atoms with Crippen molar-refractivity contribution in [2.24, 2.45) is 0 Å². The molecule has 0 atom stereocenters. The van der Waals surface area contributed by atoms with Gasteiger partial charge in [0.05, 0.1) is 12.2 Å². The molecule has 0 radical (unpaired) electrons. The van der Waals surface area contributed by atoms with Gasteiger partial charge in [-0.15, -0.1) is 0 Å². The molecule has 0 aliphatic carbocycles. The van der Waals surface area contributed by atoms with Crippen molar-refractivity contribution < 1.29 is 14.3 Å². The van der Waals surface area contributed by atoms with Crippen LogP contribution in [0.15, 0.2) is 84.9 Å². The molecule has 1 fully saturated rings. The van der Waals surface area contributed by atoms with E-state index in [2.05, 4.69) is 17.1 Å². The second kappa shape index (κ2) is 12.2. The lowest BCUT2D eigenvalue weighted by atomic mass is 10.0. The quantitative estimate of drug-likeness (QED) is 0.452. The number of carbonyl (C=O) groups is 2.